The summed E-state index contributed by atoms with van der Waals surface area (Å²) in [6.07, 6.45) is -4.40. The first-order valence-electron chi connectivity index (χ1n) is 4.07. The lowest BCUT2D eigenvalue weighted by atomic mass is 10.2. The number of halogens is 3. The molecule has 0 heterocycles. The summed E-state index contributed by atoms with van der Waals surface area (Å²) in [7, 11) is 0. The van der Waals surface area contributed by atoms with E-state index in [0.717, 1.165) is 12.1 Å². The average Bonchev–Trinajstić information content (AvgIpc) is 2.15. The smallest absolute Gasteiger partial charge is 0.166 e. The molecule has 1 aromatic carbocycles. The van der Waals surface area contributed by atoms with Crippen LogP contribution in [0.15, 0.2) is 24.3 Å². The molecular formula is C9H9F3NO+. The van der Waals surface area contributed by atoms with Crippen LogP contribution in [0.1, 0.15) is 12.5 Å². The fourth-order valence-electron chi connectivity index (χ4n) is 1.02. The molecule has 0 fully saturated rings. The van der Waals surface area contributed by atoms with Crippen LogP contribution in [0.25, 0.3) is 0 Å². The predicted octanol–water partition coefficient (Wildman–Crippen LogP) is 2.84. The zero-order chi connectivity index (χ0) is 10.8. The van der Waals surface area contributed by atoms with Crippen molar-refractivity contribution >= 4 is 5.69 Å². The Labute approximate surface area is 79.5 Å². The van der Waals surface area contributed by atoms with Gasteiger partial charge in [-0.15, -0.1) is 0 Å². The molecule has 5 heteroatoms. The Balaban J connectivity index is 3.01. The number of hydroxylamine groups is 1. The molecule has 0 aliphatic carbocycles. The number of benzene rings is 1. The van der Waals surface area contributed by atoms with Crippen molar-refractivity contribution < 1.29 is 18.4 Å². The molecule has 0 N–H and O–H groups in total. The van der Waals surface area contributed by atoms with E-state index in [4.69, 9.17) is 0 Å². The maximum absolute atomic E-state index is 12.2. The molecule has 2 nitrogen and oxygen atoms in total. The highest BCUT2D eigenvalue weighted by Crippen LogP contribution is 2.31. The summed E-state index contributed by atoms with van der Waals surface area (Å²) in [5, 5.41) is 11.6. The molecule has 0 saturated carbocycles. The molecular weight excluding hydrogens is 195 g/mol. The first-order valence-corrected chi connectivity index (χ1v) is 4.07. The van der Waals surface area contributed by atoms with Crippen molar-refractivity contribution in [3.05, 3.63) is 29.8 Å². The van der Waals surface area contributed by atoms with E-state index >= 15 is 0 Å². The Kier molecular flexibility index (Phi) is 3.13. The zero-order valence-electron chi connectivity index (χ0n) is 7.51. The lowest BCUT2D eigenvalue weighted by molar-refractivity contribution is -0.137. The van der Waals surface area contributed by atoms with Crippen molar-refractivity contribution in [3.63, 3.8) is 0 Å². The number of hydrogen-bond donors (Lipinski definition) is 0. The van der Waals surface area contributed by atoms with Crippen molar-refractivity contribution in [3.8, 4) is 0 Å². The minimum absolute atomic E-state index is 0.0299. The summed E-state index contributed by atoms with van der Waals surface area (Å²) >= 11 is 0. The van der Waals surface area contributed by atoms with E-state index in [1.54, 1.807) is 6.92 Å². The molecule has 0 aliphatic rings. The quantitative estimate of drug-likeness (QED) is 0.523. The number of nitrogens with zero attached hydrogens (tertiary/aromatic N) is 1. The van der Waals surface area contributed by atoms with Gasteiger partial charge < -0.3 is 0 Å². The highest BCUT2D eigenvalue weighted by molar-refractivity contribution is 5.41. The van der Waals surface area contributed by atoms with Crippen molar-refractivity contribution in [2.45, 2.75) is 13.1 Å². The van der Waals surface area contributed by atoms with Gasteiger partial charge in [0.1, 0.15) is 0 Å². The summed E-state index contributed by atoms with van der Waals surface area (Å²) in [6.45, 7) is 1.70. The third kappa shape index (κ3) is 2.46. The topological polar surface area (TPSA) is 25.8 Å². The van der Waals surface area contributed by atoms with Gasteiger partial charge in [-0.2, -0.15) is 13.2 Å². The van der Waals surface area contributed by atoms with Crippen LogP contribution >= 0.6 is 0 Å². The summed E-state index contributed by atoms with van der Waals surface area (Å²) in [6, 6.07) is 4.36. The highest BCUT2D eigenvalue weighted by atomic mass is 19.4. The highest BCUT2D eigenvalue weighted by Gasteiger charge is 2.32. The summed E-state index contributed by atoms with van der Waals surface area (Å²) in [5.74, 6) is 0. The SMILES string of the molecule is CC[N+]([O])c1cccc(C(F)(F)F)c1. The molecule has 14 heavy (non-hydrogen) atoms. The lowest BCUT2D eigenvalue weighted by Crippen LogP contribution is -2.17. The van der Waals surface area contributed by atoms with Crippen LogP contribution in [0, 0.1) is 0 Å². The van der Waals surface area contributed by atoms with Crippen molar-refractivity contribution in [2.75, 3.05) is 6.54 Å². The molecule has 0 saturated heterocycles. The van der Waals surface area contributed by atoms with Gasteiger partial charge in [0, 0.05) is 12.1 Å². The zero-order valence-corrected chi connectivity index (χ0v) is 7.51. The van der Waals surface area contributed by atoms with Crippen LogP contribution in [-0.4, -0.2) is 6.54 Å². The van der Waals surface area contributed by atoms with Crippen molar-refractivity contribution in [1.29, 1.82) is 0 Å². The summed E-state index contributed by atoms with van der Waals surface area (Å²) in [5.41, 5.74) is -0.772. The molecule has 1 aromatic rings. The van der Waals surface area contributed by atoms with Crippen LogP contribution in [-0.2, 0) is 11.4 Å². The third-order valence-electron chi connectivity index (χ3n) is 1.75. The van der Waals surface area contributed by atoms with Gasteiger partial charge >= 0.3 is 6.18 Å². The maximum Gasteiger partial charge on any atom is 0.416 e. The molecule has 0 spiro atoms. The van der Waals surface area contributed by atoms with Gasteiger partial charge in [0.2, 0.25) is 5.69 Å². The molecule has 0 aliphatic heterocycles. The molecule has 0 atom stereocenters. The normalized spacial score (nSPS) is 12.1. The summed E-state index contributed by atoms with van der Waals surface area (Å²) in [4.78, 5) is 0. The maximum atomic E-state index is 12.2. The molecule has 2 radical (unpaired) electrons. The minimum atomic E-state index is -4.40. The Morgan fingerprint density at radius 1 is 1.36 bits per heavy atom. The fraction of sp³-hybridized carbons (Fsp3) is 0.333. The second-order valence-corrected chi connectivity index (χ2v) is 2.74. The standard InChI is InChI=1S/C9H9F3NO/c1-2-13(14)8-5-3-4-7(6-8)9(10,11)12/h3-6H,2H2,1H3/q+1. The van der Waals surface area contributed by atoms with E-state index in [-0.39, 0.29) is 12.2 Å². The van der Waals surface area contributed by atoms with Crippen molar-refractivity contribution in [2.24, 2.45) is 0 Å². The molecule has 0 unspecified atom stereocenters. The van der Waals surface area contributed by atoms with Crippen LogP contribution in [0.4, 0.5) is 18.9 Å². The van der Waals surface area contributed by atoms with E-state index < -0.39 is 11.7 Å². The van der Waals surface area contributed by atoms with E-state index in [0.29, 0.717) is 5.06 Å². The molecule has 76 valence electrons. The largest absolute Gasteiger partial charge is 0.416 e. The van der Waals surface area contributed by atoms with Gasteiger partial charge in [-0.05, 0) is 13.0 Å². The van der Waals surface area contributed by atoms with Gasteiger partial charge in [-0.1, -0.05) is 6.07 Å². The van der Waals surface area contributed by atoms with Crippen LogP contribution in [0.3, 0.4) is 0 Å². The molecule has 0 bridgehead atoms. The second-order valence-electron chi connectivity index (χ2n) is 2.74. The van der Waals surface area contributed by atoms with Gasteiger partial charge in [0.15, 0.2) is 6.54 Å². The third-order valence-corrected chi connectivity index (χ3v) is 1.75. The number of anilines is 1. The fourth-order valence-corrected chi connectivity index (χ4v) is 1.02. The van der Waals surface area contributed by atoms with Gasteiger partial charge in [0.05, 0.1) is 15.8 Å². The van der Waals surface area contributed by atoms with Gasteiger partial charge in [-0.3, -0.25) is 0 Å². The lowest BCUT2D eigenvalue weighted by Gasteiger charge is -2.05. The number of rotatable bonds is 2. The minimum Gasteiger partial charge on any atom is -0.166 e. The molecule has 0 aromatic heterocycles. The second kappa shape index (κ2) is 3.98. The first-order chi connectivity index (χ1) is 6.45. The van der Waals surface area contributed by atoms with Crippen LogP contribution in [0.5, 0.6) is 0 Å². The number of hydrogen-bond acceptors (Lipinski definition) is 1. The first kappa shape index (κ1) is 11.0. The van der Waals surface area contributed by atoms with Gasteiger partial charge in [-0.25, -0.2) is 0 Å². The Bertz CT molecular complexity index is 311. The molecule has 0 amide bonds. The molecule has 1 rings (SSSR count). The Morgan fingerprint density at radius 3 is 2.50 bits per heavy atom. The van der Waals surface area contributed by atoms with E-state index in [2.05, 4.69) is 0 Å². The Hall–Kier alpha value is -1.07. The Morgan fingerprint density at radius 2 is 2.00 bits per heavy atom. The van der Waals surface area contributed by atoms with Gasteiger partial charge in [0.25, 0.3) is 0 Å². The number of alkyl halides is 3. The average molecular weight is 204 g/mol. The monoisotopic (exact) mass is 204 g/mol. The van der Waals surface area contributed by atoms with E-state index in [1.165, 1.54) is 12.1 Å². The van der Waals surface area contributed by atoms with Crippen molar-refractivity contribution in [1.82, 2.24) is 5.06 Å². The predicted molar refractivity (Wildman–Crippen MR) is 44.5 cm³/mol. The van der Waals surface area contributed by atoms with E-state index in [9.17, 15) is 18.4 Å². The summed E-state index contributed by atoms with van der Waals surface area (Å²) < 4.78 is 36.6. The van der Waals surface area contributed by atoms with E-state index in [1.807, 2.05) is 0 Å². The van der Waals surface area contributed by atoms with Crippen LogP contribution < -0.4 is 5.06 Å². The van der Waals surface area contributed by atoms with Crippen LogP contribution in [0.2, 0.25) is 0 Å².